The van der Waals surface area contributed by atoms with Gasteiger partial charge in [0.2, 0.25) is 0 Å². The van der Waals surface area contributed by atoms with Gasteiger partial charge in [-0.1, -0.05) is 6.92 Å². The molecule has 2 unspecified atom stereocenters. The fraction of sp³-hybridized carbons (Fsp3) is 0.615. The van der Waals surface area contributed by atoms with Crippen LogP contribution in [0.3, 0.4) is 0 Å². The Kier molecular flexibility index (Phi) is 4.08. The zero-order chi connectivity index (χ0) is 14.9. The van der Waals surface area contributed by atoms with Crippen LogP contribution in [0.15, 0.2) is 12.3 Å². The second kappa shape index (κ2) is 5.62. The minimum atomic E-state index is -0.491. The van der Waals surface area contributed by atoms with Crippen LogP contribution in [-0.4, -0.2) is 33.2 Å². The number of hydrogen-bond acceptors (Lipinski definition) is 4. The van der Waals surface area contributed by atoms with E-state index < -0.39 is 4.92 Å². The molecule has 1 amide bonds. The van der Waals surface area contributed by atoms with E-state index in [2.05, 4.69) is 5.32 Å². The van der Waals surface area contributed by atoms with Crippen LogP contribution in [0.4, 0.5) is 5.69 Å². The first-order valence-corrected chi connectivity index (χ1v) is 6.72. The molecule has 0 spiro atoms. The molecule has 1 aromatic rings. The smallest absolute Gasteiger partial charge is 0.287 e. The number of nitrogens with zero attached hydrogens (tertiary/aromatic N) is 2. The van der Waals surface area contributed by atoms with Crippen molar-refractivity contribution in [1.29, 1.82) is 0 Å². The van der Waals surface area contributed by atoms with Gasteiger partial charge in [-0.2, -0.15) is 0 Å². The van der Waals surface area contributed by atoms with E-state index in [0.717, 1.165) is 12.8 Å². The van der Waals surface area contributed by atoms with Gasteiger partial charge in [-0.15, -0.1) is 0 Å². The van der Waals surface area contributed by atoms with Gasteiger partial charge in [0, 0.05) is 24.8 Å². The molecule has 7 heteroatoms. The molecule has 0 bridgehead atoms. The molecule has 1 aliphatic rings. The molecule has 2 N–H and O–H groups in total. The molecular formula is C13H19N3O4. The average molecular weight is 281 g/mol. The number of carbonyl (C=O) groups is 1. The second-order valence-corrected chi connectivity index (χ2v) is 5.40. The second-order valence-electron chi connectivity index (χ2n) is 5.40. The molecule has 2 rings (SSSR count). The third-order valence-corrected chi connectivity index (χ3v) is 3.72. The molecule has 1 fully saturated rings. The largest absolute Gasteiger partial charge is 0.396 e. The van der Waals surface area contributed by atoms with Crippen molar-refractivity contribution < 1.29 is 14.8 Å². The van der Waals surface area contributed by atoms with Gasteiger partial charge in [0.25, 0.3) is 11.6 Å². The van der Waals surface area contributed by atoms with Crippen LogP contribution in [0.5, 0.6) is 0 Å². The molecule has 0 radical (unpaired) electrons. The Labute approximate surface area is 116 Å². The van der Waals surface area contributed by atoms with Gasteiger partial charge < -0.3 is 15.0 Å². The Morgan fingerprint density at radius 2 is 2.25 bits per heavy atom. The highest BCUT2D eigenvalue weighted by Crippen LogP contribution is 2.37. The van der Waals surface area contributed by atoms with Gasteiger partial charge in [-0.25, -0.2) is 0 Å². The molecule has 0 saturated heterocycles. The van der Waals surface area contributed by atoms with Gasteiger partial charge in [0.05, 0.1) is 11.1 Å². The number of carbonyl (C=O) groups excluding carboxylic acids is 1. The summed E-state index contributed by atoms with van der Waals surface area (Å²) in [6.45, 7) is 3.61. The minimum Gasteiger partial charge on any atom is -0.396 e. The molecule has 1 aliphatic carbocycles. The van der Waals surface area contributed by atoms with Crippen LogP contribution in [0.2, 0.25) is 0 Å². The lowest BCUT2D eigenvalue weighted by Crippen LogP contribution is -2.39. The summed E-state index contributed by atoms with van der Waals surface area (Å²) >= 11 is 0. The lowest BCUT2D eigenvalue weighted by Gasteiger charge is -2.19. The molecule has 20 heavy (non-hydrogen) atoms. The van der Waals surface area contributed by atoms with E-state index in [1.807, 2.05) is 6.92 Å². The van der Waals surface area contributed by atoms with Crippen LogP contribution >= 0.6 is 0 Å². The highest BCUT2D eigenvalue weighted by molar-refractivity contribution is 5.93. The lowest BCUT2D eigenvalue weighted by molar-refractivity contribution is -0.384. The Hall–Kier alpha value is -1.89. The maximum Gasteiger partial charge on any atom is 0.287 e. The van der Waals surface area contributed by atoms with Crippen LogP contribution < -0.4 is 5.32 Å². The quantitative estimate of drug-likeness (QED) is 0.609. The van der Waals surface area contributed by atoms with Crippen LogP contribution in [0.25, 0.3) is 0 Å². The molecule has 1 saturated carbocycles. The topological polar surface area (TPSA) is 97.4 Å². The molecule has 1 aromatic heterocycles. The summed E-state index contributed by atoms with van der Waals surface area (Å²) in [5.74, 6) is -0.406. The first-order chi connectivity index (χ1) is 9.43. The summed E-state index contributed by atoms with van der Waals surface area (Å²) in [5.41, 5.74) is 0.251. The van der Waals surface area contributed by atoms with E-state index in [0.29, 0.717) is 5.69 Å². The fourth-order valence-electron chi connectivity index (χ4n) is 1.98. The summed E-state index contributed by atoms with van der Waals surface area (Å²) in [7, 11) is 0. The van der Waals surface area contributed by atoms with Crippen molar-refractivity contribution in [3.63, 3.8) is 0 Å². The van der Waals surface area contributed by atoms with E-state index in [1.54, 1.807) is 11.5 Å². The van der Waals surface area contributed by atoms with Crippen LogP contribution in [-0.2, 0) is 0 Å². The first kappa shape index (κ1) is 14.5. The van der Waals surface area contributed by atoms with Gasteiger partial charge >= 0.3 is 0 Å². The number of hydrogen-bond donors (Lipinski definition) is 2. The molecule has 110 valence electrons. The number of aromatic nitrogens is 1. The number of aliphatic hydroxyl groups is 1. The molecule has 7 nitrogen and oxygen atoms in total. The Morgan fingerprint density at radius 3 is 2.75 bits per heavy atom. The van der Waals surface area contributed by atoms with Crippen molar-refractivity contribution in [2.75, 3.05) is 6.61 Å². The predicted molar refractivity (Wildman–Crippen MR) is 72.5 cm³/mol. The summed E-state index contributed by atoms with van der Waals surface area (Å²) in [5, 5.41) is 22.7. The molecule has 0 aromatic carbocycles. The predicted octanol–water partition coefficient (Wildman–Crippen LogP) is 1.48. The summed E-state index contributed by atoms with van der Waals surface area (Å²) in [6, 6.07) is 1.30. The van der Waals surface area contributed by atoms with Crippen molar-refractivity contribution in [2.24, 2.45) is 5.92 Å². The Balaban J connectivity index is 2.18. The number of nitrogens with one attached hydrogen (secondary N) is 1. The molecule has 1 heterocycles. The SMILES string of the molecule is CC(CO)C(C)NC(=O)c1cc([N+](=O)[O-])cn1C1CC1. The number of amides is 1. The van der Waals surface area contributed by atoms with E-state index in [-0.39, 0.29) is 36.2 Å². The maximum absolute atomic E-state index is 12.2. The van der Waals surface area contributed by atoms with Gasteiger partial charge in [-0.3, -0.25) is 14.9 Å². The first-order valence-electron chi connectivity index (χ1n) is 6.72. The maximum atomic E-state index is 12.2. The van der Waals surface area contributed by atoms with Crippen molar-refractivity contribution in [2.45, 2.75) is 38.8 Å². The lowest BCUT2D eigenvalue weighted by atomic mass is 10.1. The third-order valence-electron chi connectivity index (χ3n) is 3.72. The zero-order valence-electron chi connectivity index (χ0n) is 11.6. The van der Waals surface area contributed by atoms with E-state index in [4.69, 9.17) is 5.11 Å². The average Bonchev–Trinajstić information content (AvgIpc) is 3.15. The highest BCUT2D eigenvalue weighted by atomic mass is 16.6. The van der Waals surface area contributed by atoms with Crippen LogP contribution in [0.1, 0.15) is 43.2 Å². The molecule has 0 aliphatic heterocycles. The number of nitro groups is 1. The minimum absolute atomic E-state index is 0.0226. The van der Waals surface area contributed by atoms with E-state index in [1.165, 1.54) is 12.3 Å². The number of aliphatic hydroxyl groups excluding tert-OH is 1. The van der Waals surface area contributed by atoms with Gasteiger partial charge in [-0.05, 0) is 25.7 Å². The summed E-state index contributed by atoms with van der Waals surface area (Å²) in [6.07, 6.45) is 3.30. The van der Waals surface area contributed by atoms with Crippen molar-refractivity contribution in [3.05, 3.63) is 28.1 Å². The molecular weight excluding hydrogens is 262 g/mol. The Bertz CT molecular complexity index is 522. The third kappa shape index (κ3) is 2.98. The standard InChI is InChI=1S/C13H19N3O4/c1-8(7-17)9(2)14-13(18)12-5-11(16(19)20)6-15(12)10-3-4-10/h5-6,8-10,17H,3-4,7H2,1-2H3,(H,14,18). The number of rotatable bonds is 6. The van der Waals surface area contributed by atoms with Crippen molar-refractivity contribution in [1.82, 2.24) is 9.88 Å². The van der Waals surface area contributed by atoms with Gasteiger partial charge in [0.15, 0.2) is 0 Å². The van der Waals surface area contributed by atoms with Crippen molar-refractivity contribution >= 4 is 11.6 Å². The van der Waals surface area contributed by atoms with Gasteiger partial charge in [0.1, 0.15) is 5.69 Å². The summed E-state index contributed by atoms with van der Waals surface area (Å²) in [4.78, 5) is 22.6. The highest BCUT2D eigenvalue weighted by Gasteiger charge is 2.31. The van der Waals surface area contributed by atoms with E-state index >= 15 is 0 Å². The normalized spacial score (nSPS) is 17.6. The molecule has 2 atom stereocenters. The monoisotopic (exact) mass is 281 g/mol. The Morgan fingerprint density at radius 1 is 1.60 bits per heavy atom. The van der Waals surface area contributed by atoms with Crippen molar-refractivity contribution in [3.8, 4) is 0 Å². The fourth-order valence-corrected chi connectivity index (χ4v) is 1.98. The van der Waals surface area contributed by atoms with E-state index in [9.17, 15) is 14.9 Å². The zero-order valence-corrected chi connectivity index (χ0v) is 11.6. The summed E-state index contributed by atoms with van der Waals surface area (Å²) < 4.78 is 1.68. The van der Waals surface area contributed by atoms with Crippen LogP contribution in [0, 0.1) is 16.0 Å².